The largest absolute Gasteiger partial charge is 0.379 e. The Morgan fingerprint density at radius 1 is 1.00 bits per heavy atom. The molecule has 9 nitrogen and oxygen atoms in total. The van der Waals surface area contributed by atoms with E-state index in [1.54, 1.807) is 22.0 Å². The highest BCUT2D eigenvalue weighted by molar-refractivity contribution is 5.95. The van der Waals surface area contributed by atoms with E-state index in [1.807, 2.05) is 35.2 Å². The van der Waals surface area contributed by atoms with Gasteiger partial charge in [0.05, 0.1) is 30.8 Å². The summed E-state index contributed by atoms with van der Waals surface area (Å²) in [4.78, 5) is 43.9. The lowest BCUT2D eigenvalue weighted by atomic mass is 9.71. The Kier molecular flexibility index (Phi) is 8.13. The highest BCUT2D eigenvalue weighted by atomic mass is 16.5. The van der Waals surface area contributed by atoms with Gasteiger partial charge in [0.2, 0.25) is 11.8 Å². The minimum Gasteiger partial charge on any atom is -0.379 e. The highest BCUT2D eigenvalue weighted by Crippen LogP contribution is 2.54. The van der Waals surface area contributed by atoms with Gasteiger partial charge in [0.1, 0.15) is 0 Å². The van der Waals surface area contributed by atoms with Crippen LogP contribution in [-0.4, -0.2) is 83.2 Å². The van der Waals surface area contributed by atoms with Crippen molar-refractivity contribution in [2.24, 2.45) is 28.6 Å². The molecule has 2 aromatic rings. The van der Waals surface area contributed by atoms with Gasteiger partial charge in [-0.15, -0.1) is 0 Å². The third-order valence-corrected chi connectivity index (χ3v) is 10.1. The number of benzene rings is 1. The Hall–Kier alpha value is -3.20. The van der Waals surface area contributed by atoms with Gasteiger partial charge in [0, 0.05) is 56.9 Å². The topological polar surface area (TPSA) is 96.8 Å². The summed E-state index contributed by atoms with van der Waals surface area (Å²) in [5.74, 6) is 0.360. The van der Waals surface area contributed by atoms with Crippen LogP contribution >= 0.6 is 0 Å². The molecule has 3 heterocycles. The van der Waals surface area contributed by atoms with Gasteiger partial charge in [0.15, 0.2) is 0 Å². The van der Waals surface area contributed by atoms with Gasteiger partial charge in [-0.3, -0.25) is 19.1 Å². The summed E-state index contributed by atoms with van der Waals surface area (Å²) >= 11 is 0. The molecule has 1 aromatic heterocycles. The Labute approximate surface area is 248 Å². The van der Waals surface area contributed by atoms with Crippen LogP contribution in [-0.2, 0) is 20.9 Å². The number of amides is 3. The molecule has 2 saturated carbocycles. The van der Waals surface area contributed by atoms with Crippen LogP contribution in [0.3, 0.4) is 0 Å². The maximum atomic E-state index is 13.6. The van der Waals surface area contributed by atoms with Gasteiger partial charge in [-0.05, 0) is 36.2 Å². The number of carbonyl (C=O) groups is 3. The fraction of sp³-hybridized carbons (Fsp3) is 0.636. The molecule has 4 aliphatic rings. The molecule has 2 saturated heterocycles. The van der Waals surface area contributed by atoms with E-state index in [9.17, 15) is 14.4 Å². The Morgan fingerprint density at radius 3 is 2.43 bits per heavy atom. The highest BCUT2D eigenvalue weighted by Gasteiger charge is 2.61. The van der Waals surface area contributed by atoms with Crippen molar-refractivity contribution in [3.8, 4) is 0 Å². The summed E-state index contributed by atoms with van der Waals surface area (Å²) in [6.45, 7) is 8.40. The van der Waals surface area contributed by atoms with Crippen molar-refractivity contribution in [3.05, 3.63) is 53.9 Å². The first-order chi connectivity index (χ1) is 20.2. The zero-order valence-electron chi connectivity index (χ0n) is 25.1. The Balaban J connectivity index is 1.08. The molecule has 2 aliphatic heterocycles. The van der Waals surface area contributed by atoms with E-state index in [2.05, 4.69) is 24.3 Å². The molecule has 0 radical (unpaired) electrons. The number of hydrogen-bond acceptors (Lipinski definition) is 5. The number of nitrogens with zero attached hydrogens (tertiary/aromatic N) is 4. The number of aromatic nitrogens is 2. The standard InChI is InChI=1S/C33H45N5O4/c1-32(2)15-27(32)31(41)37-22-33(23-37)21-36(30(40)26-16-35-38(18-26)17-24-9-5-3-6-10-24)19-28(33)29(39)34-13-14-42-20-25-11-7-4-8-12-25/h3,5-6,9-10,16,18,25,27-28H,4,7-8,11-15,17,19-23H2,1-2H3,(H,34,39)/t27?,28-/m0/s1. The van der Waals surface area contributed by atoms with Gasteiger partial charge in [-0.1, -0.05) is 63.4 Å². The first kappa shape index (κ1) is 28.9. The van der Waals surface area contributed by atoms with E-state index >= 15 is 0 Å². The molecule has 2 aliphatic carbocycles. The van der Waals surface area contributed by atoms with Crippen molar-refractivity contribution in [2.75, 3.05) is 45.9 Å². The van der Waals surface area contributed by atoms with Crippen molar-refractivity contribution >= 4 is 17.7 Å². The average Bonchev–Trinajstić information content (AvgIpc) is 3.30. The quantitative estimate of drug-likeness (QED) is 0.437. The molecular formula is C33H45N5O4. The zero-order chi connectivity index (χ0) is 29.3. The molecular weight excluding hydrogens is 530 g/mol. The molecule has 4 fully saturated rings. The Morgan fingerprint density at radius 2 is 1.71 bits per heavy atom. The lowest BCUT2D eigenvalue weighted by molar-refractivity contribution is -0.151. The molecule has 1 aromatic carbocycles. The third kappa shape index (κ3) is 6.12. The second-order valence-electron chi connectivity index (χ2n) is 13.8. The lowest BCUT2D eigenvalue weighted by Gasteiger charge is -2.50. The maximum Gasteiger partial charge on any atom is 0.257 e. The van der Waals surface area contributed by atoms with Crippen molar-refractivity contribution in [3.63, 3.8) is 0 Å². The number of nitrogens with one attached hydrogen (secondary N) is 1. The number of carbonyl (C=O) groups excluding carboxylic acids is 3. The summed E-state index contributed by atoms with van der Waals surface area (Å²) in [6.07, 6.45) is 10.7. The SMILES string of the molecule is CC1(C)CC1C(=O)N1CC2(CN(C(=O)c3cnn(Cc4ccccc4)c3)C[C@H]2C(=O)NCCOCC2CCCCC2)C1. The van der Waals surface area contributed by atoms with E-state index in [4.69, 9.17) is 4.74 Å². The van der Waals surface area contributed by atoms with Crippen LogP contribution in [0.4, 0.5) is 0 Å². The Bertz CT molecular complexity index is 1280. The van der Waals surface area contributed by atoms with E-state index < -0.39 is 5.41 Å². The first-order valence-electron chi connectivity index (χ1n) is 15.7. The zero-order valence-corrected chi connectivity index (χ0v) is 25.1. The summed E-state index contributed by atoms with van der Waals surface area (Å²) in [5.41, 5.74) is 1.27. The van der Waals surface area contributed by atoms with E-state index in [0.717, 1.165) is 18.6 Å². The molecule has 2 atom stereocenters. The molecule has 6 rings (SSSR count). The first-order valence-corrected chi connectivity index (χ1v) is 15.7. The van der Waals surface area contributed by atoms with E-state index in [0.29, 0.717) is 57.4 Å². The van der Waals surface area contributed by atoms with Gasteiger partial charge in [0.25, 0.3) is 5.91 Å². The van der Waals surface area contributed by atoms with Crippen LogP contribution < -0.4 is 5.32 Å². The lowest BCUT2D eigenvalue weighted by Crippen LogP contribution is -2.64. The second-order valence-corrected chi connectivity index (χ2v) is 13.8. The number of rotatable bonds is 10. The molecule has 9 heteroatoms. The third-order valence-electron chi connectivity index (χ3n) is 10.1. The molecule has 1 N–H and O–H groups in total. The number of hydrogen-bond donors (Lipinski definition) is 1. The van der Waals surface area contributed by atoms with Gasteiger partial charge < -0.3 is 19.9 Å². The van der Waals surface area contributed by atoms with Crippen molar-refractivity contribution in [2.45, 2.75) is 58.9 Å². The van der Waals surface area contributed by atoms with Crippen LogP contribution in [0.5, 0.6) is 0 Å². The van der Waals surface area contributed by atoms with Crippen LogP contribution in [0.1, 0.15) is 68.3 Å². The molecule has 226 valence electrons. The summed E-state index contributed by atoms with van der Waals surface area (Å²) in [7, 11) is 0. The normalized spacial score (nSPS) is 24.4. The van der Waals surface area contributed by atoms with Gasteiger partial charge in [-0.25, -0.2) is 0 Å². The summed E-state index contributed by atoms with van der Waals surface area (Å²) in [5, 5.41) is 7.51. The van der Waals surface area contributed by atoms with Gasteiger partial charge in [-0.2, -0.15) is 5.10 Å². The minimum atomic E-state index is -0.419. The predicted molar refractivity (Wildman–Crippen MR) is 158 cm³/mol. The molecule has 1 unspecified atom stereocenters. The molecule has 0 bridgehead atoms. The van der Waals surface area contributed by atoms with Crippen molar-refractivity contribution < 1.29 is 19.1 Å². The van der Waals surface area contributed by atoms with Crippen LogP contribution in [0.25, 0.3) is 0 Å². The molecule has 1 spiro atoms. The van der Waals surface area contributed by atoms with E-state index in [1.165, 1.54) is 32.1 Å². The second kappa shape index (κ2) is 11.8. The fourth-order valence-electron chi connectivity index (χ4n) is 7.27. The number of ether oxygens (including phenoxy) is 1. The predicted octanol–water partition coefficient (Wildman–Crippen LogP) is 3.59. The molecule has 42 heavy (non-hydrogen) atoms. The fourth-order valence-corrected chi connectivity index (χ4v) is 7.27. The van der Waals surface area contributed by atoms with Gasteiger partial charge >= 0.3 is 0 Å². The smallest absolute Gasteiger partial charge is 0.257 e. The monoisotopic (exact) mass is 575 g/mol. The van der Waals surface area contributed by atoms with Crippen LogP contribution in [0, 0.1) is 28.6 Å². The summed E-state index contributed by atoms with van der Waals surface area (Å²) < 4.78 is 7.67. The van der Waals surface area contributed by atoms with Crippen LogP contribution in [0.15, 0.2) is 42.7 Å². The van der Waals surface area contributed by atoms with Crippen molar-refractivity contribution in [1.82, 2.24) is 24.9 Å². The molecule has 3 amide bonds. The van der Waals surface area contributed by atoms with Crippen molar-refractivity contribution in [1.29, 1.82) is 0 Å². The number of likely N-dealkylation sites (tertiary alicyclic amines) is 2. The summed E-state index contributed by atoms with van der Waals surface area (Å²) in [6, 6.07) is 10.0. The van der Waals surface area contributed by atoms with E-state index in [-0.39, 0.29) is 35.0 Å². The van der Waals surface area contributed by atoms with Crippen LogP contribution in [0.2, 0.25) is 0 Å². The average molecular weight is 576 g/mol. The minimum absolute atomic E-state index is 0.0508. The maximum absolute atomic E-state index is 13.6.